The first-order chi connectivity index (χ1) is 22.6. The van der Waals surface area contributed by atoms with Crippen molar-refractivity contribution in [1.82, 2.24) is 0 Å². The van der Waals surface area contributed by atoms with E-state index in [-0.39, 0.29) is 9.49 Å². The number of carbonyl (C=O) groups is 2. The summed E-state index contributed by atoms with van der Waals surface area (Å²) in [5.74, 6) is 12.8. The van der Waals surface area contributed by atoms with Crippen molar-refractivity contribution in [2.24, 2.45) is 0 Å². The molecule has 0 unspecified atom stereocenters. The van der Waals surface area contributed by atoms with E-state index in [1.807, 2.05) is 84.2 Å². The Bertz CT molecular complexity index is 1990. The van der Waals surface area contributed by atoms with E-state index in [0.29, 0.717) is 33.0 Å². The molecule has 0 amide bonds. The number of benzene rings is 5. The second kappa shape index (κ2) is 14.2. The molecule has 0 N–H and O–H groups in total. The van der Waals surface area contributed by atoms with Crippen LogP contribution < -0.4 is 9.47 Å². The van der Waals surface area contributed by atoms with Crippen molar-refractivity contribution in [3.63, 3.8) is 0 Å². The monoisotopic (exact) mass is 670 g/mol. The number of ether oxygens (including phenoxy) is 2. The van der Waals surface area contributed by atoms with Gasteiger partial charge in [-0.25, -0.2) is 0 Å². The number of carbonyl (C=O) groups excluding carboxylic acids is 2. The first kappa shape index (κ1) is 34.7. The number of rotatable bonds is 4. The van der Waals surface area contributed by atoms with Crippen molar-refractivity contribution in [1.29, 1.82) is 0 Å². The Morgan fingerprint density at radius 1 is 0.479 bits per heavy atom. The van der Waals surface area contributed by atoms with E-state index in [4.69, 9.17) is 9.47 Å². The second-order valence-corrected chi connectivity index (χ2v) is 17.1. The molecule has 4 nitrogen and oxygen atoms in total. The molecule has 0 spiro atoms. The van der Waals surface area contributed by atoms with E-state index in [1.165, 1.54) is 23.6 Å². The summed E-state index contributed by atoms with van der Waals surface area (Å²) in [6.07, 6.45) is 0. The molecule has 0 aliphatic rings. The molecule has 0 aliphatic heterocycles. The summed E-state index contributed by atoms with van der Waals surface area (Å²) in [4.78, 5) is 27.1. The van der Waals surface area contributed by atoms with Crippen molar-refractivity contribution < 1.29 is 19.1 Å². The minimum atomic E-state index is -0.459. The molecule has 5 rings (SSSR count). The molecule has 0 atom stereocenters. The molecule has 0 bridgehead atoms. The fourth-order valence-corrected chi connectivity index (χ4v) is 6.98. The van der Waals surface area contributed by atoms with Crippen LogP contribution in [0.5, 0.6) is 11.5 Å². The lowest BCUT2D eigenvalue weighted by Gasteiger charge is -2.17. The molecular formula is C42H38O4S2. The summed E-state index contributed by atoms with van der Waals surface area (Å²) >= 11 is 3.62. The van der Waals surface area contributed by atoms with Gasteiger partial charge < -0.3 is 9.47 Å². The van der Waals surface area contributed by atoms with Crippen molar-refractivity contribution >= 4 is 57.0 Å². The molecule has 0 radical (unpaired) electrons. The SMILES string of the molecule is CC(=O)Oc1c2ccc(C#Cc3ccc(SC(C)(C)C)cc3)cc2c(OC(C)=O)c2ccc(C#Cc3ccc(SC(C)(C)C)cc3)cc12. The van der Waals surface area contributed by atoms with E-state index >= 15 is 0 Å². The highest BCUT2D eigenvalue weighted by molar-refractivity contribution is 8.00. The third-order valence-electron chi connectivity index (χ3n) is 6.77. The van der Waals surface area contributed by atoms with Crippen LogP contribution in [0.1, 0.15) is 77.6 Å². The van der Waals surface area contributed by atoms with Crippen LogP contribution in [0.15, 0.2) is 94.7 Å². The van der Waals surface area contributed by atoms with Crippen molar-refractivity contribution in [2.45, 2.75) is 74.7 Å². The Morgan fingerprint density at radius 3 is 1.10 bits per heavy atom. The molecular weight excluding hydrogens is 633 g/mol. The predicted molar refractivity (Wildman–Crippen MR) is 200 cm³/mol. The molecule has 0 heterocycles. The zero-order valence-corrected chi connectivity index (χ0v) is 30.2. The van der Waals surface area contributed by atoms with Crippen LogP contribution in [0.2, 0.25) is 0 Å². The van der Waals surface area contributed by atoms with Gasteiger partial charge >= 0.3 is 11.9 Å². The Morgan fingerprint density at radius 2 is 0.792 bits per heavy atom. The van der Waals surface area contributed by atoms with E-state index in [1.54, 1.807) is 0 Å². The summed E-state index contributed by atoms with van der Waals surface area (Å²) in [5, 5.41) is 2.48. The maximum Gasteiger partial charge on any atom is 0.308 e. The molecule has 0 fully saturated rings. The molecule has 242 valence electrons. The lowest BCUT2D eigenvalue weighted by atomic mass is 9.97. The lowest BCUT2D eigenvalue weighted by Crippen LogP contribution is -2.06. The first-order valence-corrected chi connectivity index (χ1v) is 17.3. The molecule has 0 aromatic heterocycles. The molecule has 6 heteroatoms. The summed E-state index contributed by atoms with van der Waals surface area (Å²) in [7, 11) is 0. The topological polar surface area (TPSA) is 52.6 Å². The average molecular weight is 671 g/mol. The van der Waals surface area contributed by atoms with Crippen LogP contribution in [-0.2, 0) is 9.59 Å². The van der Waals surface area contributed by atoms with Crippen molar-refractivity contribution in [2.75, 3.05) is 0 Å². The number of fused-ring (bicyclic) bond motifs is 2. The third kappa shape index (κ3) is 9.26. The van der Waals surface area contributed by atoms with Gasteiger partial charge in [-0.05, 0) is 84.9 Å². The standard InChI is InChI=1S/C42H38O4S2/c1-27(43)45-39-35-23-17-32(12-10-30-15-21-34(22-16-30)48-42(6,7)8)26-38(35)40(46-28(2)44)36-24-18-31(25-37(36)39)11-9-29-13-19-33(20-14-29)47-41(3,4)5/h13-26H,1-8H3. The molecule has 0 aliphatic carbocycles. The van der Waals surface area contributed by atoms with E-state index in [2.05, 4.69) is 89.5 Å². The van der Waals surface area contributed by atoms with Gasteiger partial charge in [-0.1, -0.05) is 65.2 Å². The zero-order valence-electron chi connectivity index (χ0n) is 28.5. The van der Waals surface area contributed by atoms with Crippen LogP contribution >= 0.6 is 23.5 Å². The zero-order chi connectivity index (χ0) is 34.6. The van der Waals surface area contributed by atoms with Gasteiger partial charge in [-0.2, -0.15) is 0 Å². The maximum atomic E-state index is 12.3. The fraction of sp³-hybridized carbons (Fsp3) is 0.238. The van der Waals surface area contributed by atoms with Crippen molar-refractivity contribution in [3.8, 4) is 35.2 Å². The van der Waals surface area contributed by atoms with Gasteiger partial charge in [0.1, 0.15) is 11.5 Å². The van der Waals surface area contributed by atoms with Gasteiger partial charge in [0.05, 0.1) is 0 Å². The Balaban J connectivity index is 1.57. The molecule has 0 saturated heterocycles. The summed E-state index contributed by atoms with van der Waals surface area (Å²) in [6.45, 7) is 15.9. The first-order valence-electron chi connectivity index (χ1n) is 15.7. The highest BCUT2D eigenvalue weighted by atomic mass is 32.2. The van der Waals surface area contributed by atoms with Crippen LogP contribution in [0, 0.1) is 23.7 Å². The largest absolute Gasteiger partial charge is 0.425 e. The Hall–Kier alpha value is -4.62. The smallest absolute Gasteiger partial charge is 0.308 e. The van der Waals surface area contributed by atoms with Gasteiger partial charge in [0.2, 0.25) is 0 Å². The summed E-state index contributed by atoms with van der Waals surface area (Å²) in [6, 6.07) is 27.6. The van der Waals surface area contributed by atoms with E-state index in [9.17, 15) is 9.59 Å². The minimum absolute atomic E-state index is 0.125. The fourth-order valence-electron chi connectivity index (χ4n) is 5.02. The molecule has 0 saturated carbocycles. The number of hydrogen-bond acceptors (Lipinski definition) is 6. The predicted octanol–water partition coefficient (Wildman–Crippen LogP) is 10.4. The molecule has 5 aromatic rings. The van der Waals surface area contributed by atoms with Crippen LogP contribution in [0.3, 0.4) is 0 Å². The quantitative estimate of drug-likeness (QED) is 0.0624. The average Bonchev–Trinajstić information content (AvgIpc) is 3.00. The van der Waals surface area contributed by atoms with E-state index < -0.39 is 11.9 Å². The highest BCUT2D eigenvalue weighted by Gasteiger charge is 2.20. The number of esters is 2. The van der Waals surface area contributed by atoms with Crippen LogP contribution in [0.25, 0.3) is 21.5 Å². The van der Waals surface area contributed by atoms with Crippen molar-refractivity contribution in [3.05, 3.63) is 107 Å². The minimum Gasteiger partial charge on any atom is -0.425 e. The maximum absolute atomic E-state index is 12.3. The van der Waals surface area contributed by atoms with Gasteiger partial charge in [-0.3, -0.25) is 9.59 Å². The highest BCUT2D eigenvalue weighted by Crippen LogP contribution is 2.44. The van der Waals surface area contributed by atoms with Crippen LogP contribution in [-0.4, -0.2) is 21.4 Å². The van der Waals surface area contributed by atoms with Gasteiger partial charge in [0.25, 0.3) is 0 Å². The second-order valence-electron chi connectivity index (χ2n) is 13.3. The van der Waals surface area contributed by atoms with E-state index in [0.717, 1.165) is 22.3 Å². The summed E-state index contributed by atoms with van der Waals surface area (Å²) in [5.41, 5.74) is 3.24. The van der Waals surface area contributed by atoms with Gasteiger partial charge in [0.15, 0.2) is 0 Å². The summed E-state index contributed by atoms with van der Waals surface area (Å²) < 4.78 is 11.9. The molecule has 48 heavy (non-hydrogen) atoms. The van der Waals surface area contributed by atoms with Gasteiger partial charge in [-0.15, -0.1) is 23.5 Å². The van der Waals surface area contributed by atoms with Gasteiger partial charge in [0, 0.05) is 76.9 Å². The third-order valence-corrected chi connectivity index (χ3v) is 9.01. The number of thioether (sulfide) groups is 2. The lowest BCUT2D eigenvalue weighted by molar-refractivity contribution is -0.132. The number of hydrogen-bond donors (Lipinski definition) is 0. The van der Waals surface area contributed by atoms with Crippen LogP contribution in [0.4, 0.5) is 0 Å². The Kier molecular flexibility index (Phi) is 10.3. The Labute approximate surface area is 292 Å². The molecule has 5 aromatic carbocycles. The normalized spacial score (nSPS) is 11.3.